The maximum absolute atomic E-state index is 12.4. The number of nitrogens with one attached hydrogen (secondary N) is 2. The number of hydrogen-bond acceptors (Lipinski definition) is 2. The Labute approximate surface area is 111 Å². The van der Waals surface area contributed by atoms with Crippen LogP contribution in [0.1, 0.15) is 59.3 Å². The summed E-state index contributed by atoms with van der Waals surface area (Å²) in [4.78, 5) is 12.4. The predicted molar refractivity (Wildman–Crippen MR) is 74.4 cm³/mol. The minimum absolute atomic E-state index is 0.216. The molecule has 2 N–H and O–H groups in total. The lowest BCUT2D eigenvalue weighted by Crippen LogP contribution is -2.59. The van der Waals surface area contributed by atoms with Gasteiger partial charge in [-0.05, 0) is 63.8 Å². The lowest BCUT2D eigenvalue weighted by atomic mass is 9.80. The Bertz CT molecular complexity index is 287. The first-order chi connectivity index (χ1) is 8.49. The van der Waals surface area contributed by atoms with E-state index in [0.29, 0.717) is 6.04 Å². The van der Waals surface area contributed by atoms with E-state index in [0.717, 1.165) is 44.1 Å². The van der Waals surface area contributed by atoms with Crippen molar-refractivity contribution in [3.63, 3.8) is 0 Å². The van der Waals surface area contributed by atoms with Crippen molar-refractivity contribution in [3.05, 3.63) is 0 Å². The van der Waals surface area contributed by atoms with E-state index in [1.54, 1.807) is 0 Å². The fourth-order valence-electron chi connectivity index (χ4n) is 3.66. The second-order valence-corrected chi connectivity index (χ2v) is 6.80. The van der Waals surface area contributed by atoms with E-state index in [4.69, 9.17) is 0 Å². The van der Waals surface area contributed by atoms with Gasteiger partial charge in [-0.15, -0.1) is 0 Å². The zero-order chi connectivity index (χ0) is 13.2. The van der Waals surface area contributed by atoms with Crippen LogP contribution in [0, 0.1) is 11.8 Å². The number of carbonyl (C=O) groups is 1. The average Bonchev–Trinajstić information content (AvgIpc) is 2.28. The quantitative estimate of drug-likeness (QED) is 0.792. The number of hydrogen-bond donors (Lipinski definition) is 2. The number of amides is 1. The SMILES string of the molecule is CC1CC(C)CC(NC(=O)C2(C)CCCCN2)C1. The predicted octanol–water partition coefficient (Wildman–Crippen LogP) is 2.46. The van der Waals surface area contributed by atoms with Gasteiger partial charge in [-0.3, -0.25) is 4.79 Å². The Balaban J connectivity index is 1.90. The minimum atomic E-state index is -0.331. The molecule has 0 radical (unpaired) electrons. The van der Waals surface area contributed by atoms with Gasteiger partial charge in [0.25, 0.3) is 0 Å². The van der Waals surface area contributed by atoms with Crippen molar-refractivity contribution in [1.82, 2.24) is 10.6 Å². The van der Waals surface area contributed by atoms with Gasteiger partial charge >= 0.3 is 0 Å². The summed E-state index contributed by atoms with van der Waals surface area (Å²) in [7, 11) is 0. The van der Waals surface area contributed by atoms with E-state index in [2.05, 4.69) is 31.4 Å². The molecule has 18 heavy (non-hydrogen) atoms. The fourth-order valence-corrected chi connectivity index (χ4v) is 3.66. The summed E-state index contributed by atoms with van der Waals surface area (Å²) in [5.74, 6) is 1.70. The highest BCUT2D eigenvalue weighted by Crippen LogP contribution is 2.29. The van der Waals surface area contributed by atoms with E-state index in [1.807, 2.05) is 0 Å². The van der Waals surface area contributed by atoms with Crippen molar-refractivity contribution < 1.29 is 4.79 Å². The largest absolute Gasteiger partial charge is 0.352 e. The summed E-state index contributed by atoms with van der Waals surface area (Å²) in [5, 5.41) is 6.68. The van der Waals surface area contributed by atoms with E-state index >= 15 is 0 Å². The molecule has 3 nitrogen and oxygen atoms in total. The highest BCUT2D eigenvalue weighted by molar-refractivity contribution is 5.86. The van der Waals surface area contributed by atoms with Crippen molar-refractivity contribution in [2.45, 2.75) is 70.9 Å². The summed E-state index contributed by atoms with van der Waals surface area (Å²) in [6.07, 6.45) is 6.92. The number of rotatable bonds is 2. The third-order valence-electron chi connectivity index (χ3n) is 4.63. The van der Waals surface area contributed by atoms with Crippen LogP contribution in [0.25, 0.3) is 0 Å². The van der Waals surface area contributed by atoms with Crippen LogP contribution in [0.3, 0.4) is 0 Å². The Hall–Kier alpha value is -0.570. The summed E-state index contributed by atoms with van der Waals surface area (Å²) < 4.78 is 0. The molecule has 3 atom stereocenters. The Morgan fingerprint density at radius 3 is 2.39 bits per heavy atom. The van der Waals surface area contributed by atoms with E-state index < -0.39 is 0 Å². The first-order valence-electron chi connectivity index (χ1n) is 7.55. The van der Waals surface area contributed by atoms with E-state index in [1.165, 1.54) is 12.8 Å². The molecule has 1 aliphatic heterocycles. The molecule has 2 aliphatic rings. The lowest BCUT2D eigenvalue weighted by Gasteiger charge is -2.37. The first kappa shape index (κ1) is 13.9. The smallest absolute Gasteiger partial charge is 0.240 e. The summed E-state index contributed by atoms with van der Waals surface area (Å²) in [6, 6.07) is 0.386. The van der Waals surface area contributed by atoms with Gasteiger partial charge in [0, 0.05) is 6.04 Å². The molecule has 0 bridgehead atoms. The average molecular weight is 252 g/mol. The van der Waals surface area contributed by atoms with Crippen molar-refractivity contribution in [1.29, 1.82) is 0 Å². The number of carbonyl (C=O) groups excluding carboxylic acids is 1. The molecule has 1 saturated heterocycles. The third-order valence-corrected chi connectivity index (χ3v) is 4.63. The van der Waals surface area contributed by atoms with Crippen LogP contribution in [0.5, 0.6) is 0 Å². The maximum Gasteiger partial charge on any atom is 0.240 e. The Kier molecular flexibility index (Phi) is 4.31. The molecular formula is C15H28N2O. The molecule has 1 aliphatic carbocycles. The molecule has 2 rings (SSSR count). The summed E-state index contributed by atoms with van der Waals surface area (Å²) >= 11 is 0. The topological polar surface area (TPSA) is 41.1 Å². The Morgan fingerprint density at radius 2 is 1.83 bits per heavy atom. The molecule has 3 heteroatoms. The van der Waals surface area contributed by atoms with Crippen LogP contribution < -0.4 is 10.6 Å². The van der Waals surface area contributed by atoms with Crippen molar-refractivity contribution in [2.75, 3.05) is 6.54 Å². The molecule has 3 unspecified atom stereocenters. The Morgan fingerprint density at radius 1 is 1.17 bits per heavy atom. The highest BCUT2D eigenvalue weighted by Gasteiger charge is 2.36. The number of piperidine rings is 1. The van der Waals surface area contributed by atoms with Gasteiger partial charge in [-0.2, -0.15) is 0 Å². The van der Waals surface area contributed by atoms with Crippen LogP contribution in [0.2, 0.25) is 0 Å². The van der Waals surface area contributed by atoms with Gasteiger partial charge in [0.1, 0.15) is 0 Å². The summed E-state index contributed by atoms with van der Waals surface area (Å²) in [6.45, 7) is 7.63. The second kappa shape index (κ2) is 5.60. The molecule has 1 amide bonds. The van der Waals surface area contributed by atoms with Gasteiger partial charge in [-0.1, -0.05) is 13.8 Å². The molecule has 0 spiro atoms. The maximum atomic E-state index is 12.4. The van der Waals surface area contributed by atoms with Crippen LogP contribution in [-0.2, 0) is 4.79 Å². The normalized spacial score (nSPS) is 41.4. The van der Waals surface area contributed by atoms with Gasteiger partial charge in [0.05, 0.1) is 5.54 Å². The van der Waals surface area contributed by atoms with E-state index in [9.17, 15) is 4.79 Å². The summed E-state index contributed by atoms with van der Waals surface area (Å²) in [5.41, 5.74) is -0.331. The molecule has 2 fully saturated rings. The molecule has 1 heterocycles. The zero-order valence-electron chi connectivity index (χ0n) is 12.1. The van der Waals surface area contributed by atoms with Crippen molar-refractivity contribution in [2.24, 2.45) is 11.8 Å². The first-order valence-corrected chi connectivity index (χ1v) is 7.55. The fraction of sp³-hybridized carbons (Fsp3) is 0.933. The van der Waals surface area contributed by atoms with E-state index in [-0.39, 0.29) is 11.4 Å². The van der Waals surface area contributed by atoms with Gasteiger partial charge < -0.3 is 10.6 Å². The molecule has 0 aromatic carbocycles. The van der Waals surface area contributed by atoms with Gasteiger partial charge in [0.15, 0.2) is 0 Å². The minimum Gasteiger partial charge on any atom is -0.352 e. The highest BCUT2D eigenvalue weighted by atomic mass is 16.2. The molecule has 1 saturated carbocycles. The van der Waals surface area contributed by atoms with Gasteiger partial charge in [-0.25, -0.2) is 0 Å². The second-order valence-electron chi connectivity index (χ2n) is 6.80. The van der Waals surface area contributed by atoms with Crippen molar-refractivity contribution >= 4 is 5.91 Å². The molecule has 104 valence electrons. The monoisotopic (exact) mass is 252 g/mol. The zero-order valence-corrected chi connectivity index (χ0v) is 12.1. The third kappa shape index (κ3) is 3.25. The van der Waals surface area contributed by atoms with Crippen LogP contribution in [0.15, 0.2) is 0 Å². The molecule has 0 aromatic heterocycles. The van der Waals surface area contributed by atoms with Crippen LogP contribution >= 0.6 is 0 Å². The van der Waals surface area contributed by atoms with Crippen molar-refractivity contribution in [3.8, 4) is 0 Å². The van der Waals surface area contributed by atoms with Crippen LogP contribution in [0.4, 0.5) is 0 Å². The molecule has 0 aromatic rings. The lowest BCUT2D eigenvalue weighted by molar-refractivity contribution is -0.129. The standard InChI is InChI=1S/C15H28N2O/c1-11-8-12(2)10-13(9-11)17-14(18)15(3)6-4-5-7-16-15/h11-13,16H,4-10H2,1-3H3,(H,17,18). The van der Waals surface area contributed by atoms with Crippen LogP contribution in [-0.4, -0.2) is 24.0 Å². The molecular weight excluding hydrogens is 224 g/mol. The van der Waals surface area contributed by atoms with Gasteiger partial charge in [0.2, 0.25) is 5.91 Å².